The number of benzene rings is 3. The van der Waals surface area contributed by atoms with E-state index in [0.717, 1.165) is 49.5 Å². The molecular weight excluding hydrogens is 413 g/mol. The van der Waals surface area contributed by atoms with Gasteiger partial charge >= 0.3 is 0 Å². The Balaban J connectivity index is 1.55. The summed E-state index contributed by atoms with van der Waals surface area (Å²) < 4.78 is 13.3. The zero-order valence-electron chi connectivity index (χ0n) is 19.5. The highest BCUT2D eigenvalue weighted by molar-refractivity contribution is 5.91. The van der Waals surface area contributed by atoms with Gasteiger partial charge in [-0.2, -0.15) is 0 Å². The molecule has 0 bridgehead atoms. The summed E-state index contributed by atoms with van der Waals surface area (Å²) in [5.74, 6) is -0.106. The number of piperazine rings is 1. The van der Waals surface area contributed by atoms with Crippen LogP contribution in [0.5, 0.6) is 0 Å². The molecule has 4 rings (SSSR count). The molecule has 1 fully saturated rings. The molecule has 0 aliphatic carbocycles. The van der Waals surface area contributed by atoms with Gasteiger partial charge in [-0.15, -0.1) is 0 Å². The Morgan fingerprint density at radius 3 is 1.82 bits per heavy atom. The number of likely N-dealkylation sites (N-methyl/N-ethyl adjacent to an activating group) is 1. The molecule has 33 heavy (non-hydrogen) atoms. The molecule has 1 aliphatic rings. The summed E-state index contributed by atoms with van der Waals surface area (Å²) in [5.41, 5.74) is 2.38. The maximum atomic E-state index is 13.8. The first-order chi connectivity index (χ1) is 16.0. The maximum absolute atomic E-state index is 13.8. The molecule has 172 valence electrons. The van der Waals surface area contributed by atoms with Crippen LogP contribution in [-0.2, 0) is 10.2 Å². The van der Waals surface area contributed by atoms with E-state index >= 15 is 0 Å². The highest BCUT2D eigenvalue weighted by Crippen LogP contribution is 2.38. The fraction of sp³-hybridized carbons (Fsp3) is 0.321. The minimum atomic E-state index is -0.736. The van der Waals surface area contributed by atoms with Crippen molar-refractivity contribution in [2.75, 3.05) is 51.7 Å². The van der Waals surface area contributed by atoms with E-state index in [1.165, 1.54) is 12.1 Å². The lowest BCUT2D eigenvalue weighted by molar-refractivity contribution is -0.133. The number of carbonyl (C=O) groups is 1. The van der Waals surface area contributed by atoms with Crippen LogP contribution in [0, 0.1) is 5.82 Å². The van der Waals surface area contributed by atoms with Crippen LogP contribution < -0.4 is 4.90 Å². The van der Waals surface area contributed by atoms with Gasteiger partial charge in [0.2, 0.25) is 5.91 Å². The molecule has 1 heterocycles. The molecule has 0 unspecified atom stereocenters. The van der Waals surface area contributed by atoms with Crippen LogP contribution >= 0.6 is 0 Å². The van der Waals surface area contributed by atoms with Gasteiger partial charge in [0.1, 0.15) is 11.2 Å². The molecule has 0 spiro atoms. The predicted octanol–water partition coefficient (Wildman–Crippen LogP) is 4.41. The minimum absolute atomic E-state index is 0.102. The quantitative estimate of drug-likeness (QED) is 0.539. The summed E-state index contributed by atoms with van der Waals surface area (Å²) in [7, 11) is 3.68. The molecule has 1 aliphatic heterocycles. The van der Waals surface area contributed by atoms with Crippen molar-refractivity contribution in [2.24, 2.45) is 0 Å². The topological polar surface area (TPSA) is 26.8 Å². The van der Waals surface area contributed by atoms with Crippen molar-refractivity contribution < 1.29 is 9.18 Å². The lowest BCUT2D eigenvalue weighted by atomic mass is 9.70. The van der Waals surface area contributed by atoms with Crippen molar-refractivity contribution in [3.63, 3.8) is 0 Å². The summed E-state index contributed by atoms with van der Waals surface area (Å²) in [6.07, 6.45) is 0.703. The van der Waals surface area contributed by atoms with Gasteiger partial charge in [0.05, 0.1) is 0 Å². The SMILES string of the molecule is CN(C)C(=O)C(CCN1CCN(c2ccc(F)cc2)CC1)(c1ccccc1)c1ccccc1. The second-order valence-electron chi connectivity index (χ2n) is 8.89. The first kappa shape index (κ1) is 23.0. The molecule has 1 amide bonds. The van der Waals surface area contributed by atoms with Gasteiger partial charge < -0.3 is 9.80 Å². The minimum Gasteiger partial charge on any atom is -0.369 e. The Labute approximate surface area is 196 Å². The van der Waals surface area contributed by atoms with E-state index in [2.05, 4.69) is 34.1 Å². The number of nitrogens with zero attached hydrogens (tertiary/aromatic N) is 3. The summed E-state index contributed by atoms with van der Waals surface area (Å²) in [4.78, 5) is 20.2. The van der Waals surface area contributed by atoms with Gasteiger partial charge in [0.25, 0.3) is 0 Å². The average molecular weight is 446 g/mol. The average Bonchev–Trinajstić information content (AvgIpc) is 2.86. The van der Waals surface area contributed by atoms with Gasteiger partial charge in [0.15, 0.2) is 0 Å². The molecule has 3 aromatic carbocycles. The van der Waals surface area contributed by atoms with E-state index in [0.29, 0.717) is 6.42 Å². The summed E-state index contributed by atoms with van der Waals surface area (Å²) >= 11 is 0. The molecule has 0 N–H and O–H groups in total. The van der Waals surface area contributed by atoms with Crippen molar-refractivity contribution in [3.8, 4) is 0 Å². The zero-order chi connectivity index (χ0) is 23.3. The fourth-order valence-corrected chi connectivity index (χ4v) is 4.84. The highest BCUT2D eigenvalue weighted by atomic mass is 19.1. The summed E-state index contributed by atoms with van der Waals surface area (Å²) in [6, 6.07) is 27.0. The van der Waals surface area contributed by atoms with Gasteiger partial charge in [-0.1, -0.05) is 60.7 Å². The first-order valence-corrected chi connectivity index (χ1v) is 11.6. The number of rotatable bonds is 7. The second kappa shape index (κ2) is 10.2. The lowest BCUT2D eigenvalue weighted by Crippen LogP contribution is -2.50. The monoisotopic (exact) mass is 445 g/mol. The van der Waals surface area contributed by atoms with Gasteiger partial charge in [-0.3, -0.25) is 9.69 Å². The summed E-state index contributed by atoms with van der Waals surface area (Å²) in [6.45, 7) is 4.41. The molecule has 3 aromatic rings. The number of anilines is 1. The van der Waals surface area contributed by atoms with Crippen LogP contribution in [0.25, 0.3) is 0 Å². The second-order valence-corrected chi connectivity index (χ2v) is 8.89. The Morgan fingerprint density at radius 2 is 1.33 bits per heavy atom. The number of carbonyl (C=O) groups excluding carboxylic acids is 1. The van der Waals surface area contributed by atoms with E-state index in [4.69, 9.17) is 0 Å². The third-order valence-corrected chi connectivity index (χ3v) is 6.67. The number of halogens is 1. The highest BCUT2D eigenvalue weighted by Gasteiger charge is 2.43. The normalized spacial score (nSPS) is 14.8. The van der Waals surface area contributed by atoms with Crippen LogP contribution in [0.3, 0.4) is 0 Å². The van der Waals surface area contributed by atoms with Crippen LogP contribution in [0.1, 0.15) is 17.5 Å². The van der Waals surface area contributed by atoms with Gasteiger partial charge in [0, 0.05) is 46.0 Å². The smallest absolute Gasteiger partial charge is 0.237 e. The number of hydrogen-bond donors (Lipinski definition) is 0. The molecule has 0 saturated carbocycles. The van der Waals surface area contributed by atoms with E-state index < -0.39 is 5.41 Å². The Bertz CT molecular complexity index is 990. The van der Waals surface area contributed by atoms with E-state index in [1.54, 1.807) is 4.90 Å². The standard InChI is InChI=1S/C28H32FN3O/c1-30(2)27(33)28(23-9-5-3-6-10-23,24-11-7-4-8-12-24)17-18-31-19-21-32(22-20-31)26-15-13-25(29)14-16-26/h3-16H,17-22H2,1-2H3. The Morgan fingerprint density at radius 1 is 0.818 bits per heavy atom. The zero-order valence-corrected chi connectivity index (χ0v) is 19.5. The molecule has 4 nitrogen and oxygen atoms in total. The third-order valence-electron chi connectivity index (χ3n) is 6.67. The predicted molar refractivity (Wildman–Crippen MR) is 132 cm³/mol. The summed E-state index contributed by atoms with van der Waals surface area (Å²) in [5, 5.41) is 0. The molecule has 0 aromatic heterocycles. The maximum Gasteiger partial charge on any atom is 0.237 e. The Kier molecular flexibility index (Phi) is 7.09. The number of hydrogen-bond acceptors (Lipinski definition) is 3. The third kappa shape index (κ3) is 4.93. The molecule has 1 saturated heterocycles. The largest absolute Gasteiger partial charge is 0.369 e. The van der Waals surface area contributed by atoms with Crippen LogP contribution in [0.15, 0.2) is 84.9 Å². The molecule has 0 atom stereocenters. The van der Waals surface area contributed by atoms with Crippen molar-refractivity contribution in [1.29, 1.82) is 0 Å². The fourth-order valence-electron chi connectivity index (χ4n) is 4.84. The van der Waals surface area contributed by atoms with Gasteiger partial charge in [-0.25, -0.2) is 4.39 Å². The van der Waals surface area contributed by atoms with E-state index in [9.17, 15) is 9.18 Å². The van der Waals surface area contributed by atoms with Crippen LogP contribution in [-0.4, -0.2) is 62.5 Å². The van der Waals surface area contributed by atoms with Crippen molar-refractivity contribution in [1.82, 2.24) is 9.80 Å². The molecule has 5 heteroatoms. The van der Waals surface area contributed by atoms with Crippen LogP contribution in [0.2, 0.25) is 0 Å². The van der Waals surface area contributed by atoms with E-state index in [-0.39, 0.29) is 11.7 Å². The Hall–Kier alpha value is -3.18. The van der Waals surface area contributed by atoms with Crippen LogP contribution in [0.4, 0.5) is 10.1 Å². The van der Waals surface area contributed by atoms with Crippen molar-refractivity contribution >= 4 is 11.6 Å². The van der Waals surface area contributed by atoms with Crippen molar-refractivity contribution in [2.45, 2.75) is 11.8 Å². The van der Waals surface area contributed by atoms with E-state index in [1.807, 2.05) is 62.6 Å². The first-order valence-electron chi connectivity index (χ1n) is 11.6. The van der Waals surface area contributed by atoms with Gasteiger partial charge in [-0.05, 0) is 48.4 Å². The van der Waals surface area contributed by atoms with Crippen molar-refractivity contribution in [3.05, 3.63) is 102 Å². The molecule has 0 radical (unpaired) electrons. The molecular formula is C28H32FN3O. The number of amides is 1. The lowest BCUT2D eigenvalue weighted by Gasteiger charge is -2.40.